The molecular weight excluding hydrogens is 261 g/mol. The lowest BCUT2D eigenvalue weighted by Gasteiger charge is -2.16. The molecule has 0 aliphatic carbocycles. The zero-order chi connectivity index (χ0) is 13.6. The molecule has 9 heteroatoms. The van der Waals surface area contributed by atoms with E-state index in [4.69, 9.17) is 9.05 Å². The summed E-state index contributed by atoms with van der Waals surface area (Å²) >= 11 is 0. The second-order valence-electron chi connectivity index (χ2n) is 3.22. The summed E-state index contributed by atoms with van der Waals surface area (Å²) in [7, 11) is -3.40. The van der Waals surface area contributed by atoms with E-state index in [9.17, 15) is 14.7 Å². The minimum absolute atomic E-state index is 0.0419. The minimum Gasteiger partial charge on any atom is -0.309 e. The molecule has 100 valence electrons. The van der Waals surface area contributed by atoms with E-state index in [1.807, 2.05) is 0 Å². The Labute approximate surface area is 104 Å². The Bertz CT molecular complexity index is 457. The van der Waals surface area contributed by atoms with Crippen molar-refractivity contribution >= 4 is 13.3 Å². The van der Waals surface area contributed by atoms with E-state index in [1.54, 1.807) is 13.8 Å². The largest absolute Gasteiger partial charge is 0.336 e. The Morgan fingerprint density at radius 3 is 2.50 bits per heavy atom. The van der Waals surface area contributed by atoms with Crippen LogP contribution in [0.3, 0.4) is 0 Å². The van der Waals surface area contributed by atoms with Crippen LogP contribution in [0.4, 0.5) is 5.69 Å². The molecule has 1 rings (SSSR count). The Balaban J connectivity index is 3.01. The number of rotatable bonds is 7. The van der Waals surface area contributed by atoms with Gasteiger partial charge in [-0.05, 0) is 13.8 Å². The smallest absolute Gasteiger partial charge is 0.309 e. The summed E-state index contributed by atoms with van der Waals surface area (Å²) < 4.78 is 22.3. The van der Waals surface area contributed by atoms with Crippen molar-refractivity contribution in [3.05, 3.63) is 28.3 Å². The third kappa shape index (κ3) is 3.83. The molecule has 0 radical (unpaired) electrons. The molecule has 0 atom stereocenters. The molecule has 0 spiro atoms. The predicted octanol–water partition coefficient (Wildman–Crippen LogP) is 2.15. The number of nitro groups is 1. The van der Waals surface area contributed by atoms with Crippen LogP contribution >= 0.6 is 7.60 Å². The first kappa shape index (κ1) is 14.7. The van der Waals surface area contributed by atoms with Crippen molar-refractivity contribution in [2.75, 3.05) is 13.2 Å². The summed E-state index contributed by atoms with van der Waals surface area (Å²) in [5.41, 5.74) is -0.252. The van der Waals surface area contributed by atoms with Crippen molar-refractivity contribution in [2.24, 2.45) is 0 Å². The second kappa shape index (κ2) is 6.53. The van der Waals surface area contributed by atoms with Crippen LogP contribution in [0.5, 0.6) is 0 Å². The highest BCUT2D eigenvalue weighted by atomic mass is 31.2. The topological polar surface area (TPSA) is 104 Å². The molecule has 0 aliphatic rings. The van der Waals surface area contributed by atoms with Gasteiger partial charge in [-0.3, -0.25) is 14.7 Å². The standard InChI is InChI=1S/C9H14N3O5P/c1-3-16-18(15,17-4-2)6-8-9(12(13)14)5-10-7-11-8/h5,7H,3-4,6H2,1-2H3. The minimum atomic E-state index is -3.40. The van der Waals surface area contributed by atoms with Crippen molar-refractivity contribution < 1.29 is 18.5 Å². The number of nitrogens with zero attached hydrogens (tertiary/aromatic N) is 3. The molecule has 1 heterocycles. The molecule has 18 heavy (non-hydrogen) atoms. The van der Waals surface area contributed by atoms with Crippen LogP contribution in [-0.2, 0) is 19.8 Å². The van der Waals surface area contributed by atoms with Gasteiger partial charge in [-0.25, -0.2) is 9.97 Å². The van der Waals surface area contributed by atoms with Crippen molar-refractivity contribution in [3.63, 3.8) is 0 Å². The number of hydrogen-bond acceptors (Lipinski definition) is 7. The molecule has 1 aromatic heterocycles. The summed E-state index contributed by atoms with van der Waals surface area (Å²) in [4.78, 5) is 17.5. The predicted molar refractivity (Wildman–Crippen MR) is 63.2 cm³/mol. The molecular formula is C9H14N3O5P. The van der Waals surface area contributed by atoms with Crippen molar-refractivity contribution in [1.29, 1.82) is 0 Å². The maximum absolute atomic E-state index is 12.2. The van der Waals surface area contributed by atoms with Crippen molar-refractivity contribution in [3.8, 4) is 0 Å². The van der Waals surface area contributed by atoms with Gasteiger partial charge in [0.2, 0.25) is 0 Å². The fourth-order valence-corrected chi connectivity index (χ4v) is 2.98. The molecule has 0 amide bonds. The van der Waals surface area contributed by atoms with Crippen LogP contribution in [0, 0.1) is 10.1 Å². The Hall–Kier alpha value is -1.37. The van der Waals surface area contributed by atoms with E-state index >= 15 is 0 Å². The maximum Gasteiger partial charge on any atom is 0.336 e. The Morgan fingerprint density at radius 1 is 1.39 bits per heavy atom. The Kier molecular flexibility index (Phi) is 5.33. The summed E-state index contributed by atoms with van der Waals surface area (Å²) in [6.45, 7) is 3.71. The van der Waals surface area contributed by atoms with Gasteiger partial charge in [0.15, 0.2) is 0 Å². The lowest BCUT2D eigenvalue weighted by molar-refractivity contribution is -0.386. The van der Waals surface area contributed by atoms with Crippen LogP contribution in [0.1, 0.15) is 19.5 Å². The monoisotopic (exact) mass is 275 g/mol. The molecule has 0 unspecified atom stereocenters. The highest BCUT2D eigenvalue weighted by Crippen LogP contribution is 2.51. The number of hydrogen-bond donors (Lipinski definition) is 0. The zero-order valence-corrected chi connectivity index (χ0v) is 11.0. The van der Waals surface area contributed by atoms with Gasteiger partial charge in [-0.15, -0.1) is 0 Å². The first-order valence-electron chi connectivity index (χ1n) is 5.33. The lowest BCUT2D eigenvalue weighted by Crippen LogP contribution is -2.04. The molecule has 1 aromatic rings. The van der Waals surface area contributed by atoms with Crippen LogP contribution in [0.15, 0.2) is 12.5 Å². The highest BCUT2D eigenvalue weighted by molar-refractivity contribution is 7.53. The van der Waals surface area contributed by atoms with Gasteiger partial charge in [-0.1, -0.05) is 0 Å². The van der Waals surface area contributed by atoms with E-state index in [0.29, 0.717) is 0 Å². The highest BCUT2D eigenvalue weighted by Gasteiger charge is 2.29. The van der Waals surface area contributed by atoms with Gasteiger partial charge >= 0.3 is 13.3 Å². The number of aromatic nitrogens is 2. The average Bonchev–Trinajstić information content (AvgIpc) is 2.29. The van der Waals surface area contributed by atoms with E-state index < -0.39 is 12.5 Å². The third-order valence-electron chi connectivity index (χ3n) is 1.96. The van der Waals surface area contributed by atoms with Gasteiger partial charge in [-0.2, -0.15) is 0 Å². The zero-order valence-electron chi connectivity index (χ0n) is 10.1. The first-order chi connectivity index (χ1) is 8.52. The molecule has 8 nitrogen and oxygen atoms in total. The van der Waals surface area contributed by atoms with Crippen LogP contribution in [0.25, 0.3) is 0 Å². The van der Waals surface area contributed by atoms with Crippen molar-refractivity contribution in [2.45, 2.75) is 20.0 Å². The average molecular weight is 275 g/mol. The molecule has 0 bridgehead atoms. The SMILES string of the molecule is CCOP(=O)(Cc1ncncc1[N+](=O)[O-])OCC. The quantitative estimate of drug-likeness (QED) is 0.426. The fourth-order valence-electron chi connectivity index (χ4n) is 1.33. The molecule has 0 N–H and O–H groups in total. The molecule has 0 aliphatic heterocycles. The van der Waals surface area contributed by atoms with E-state index in [-0.39, 0.29) is 30.8 Å². The van der Waals surface area contributed by atoms with Crippen LogP contribution < -0.4 is 0 Å². The van der Waals surface area contributed by atoms with Crippen molar-refractivity contribution in [1.82, 2.24) is 9.97 Å². The van der Waals surface area contributed by atoms with Gasteiger partial charge in [0.05, 0.1) is 24.3 Å². The van der Waals surface area contributed by atoms with E-state index in [2.05, 4.69) is 9.97 Å². The summed E-state index contributed by atoms with van der Waals surface area (Å²) in [6, 6.07) is 0. The maximum atomic E-state index is 12.2. The lowest BCUT2D eigenvalue weighted by atomic mass is 10.4. The third-order valence-corrected chi connectivity index (χ3v) is 3.95. The van der Waals surface area contributed by atoms with Gasteiger partial charge < -0.3 is 9.05 Å². The van der Waals surface area contributed by atoms with Crippen LogP contribution in [0.2, 0.25) is 0 Å². The van der Waals surface area contributed by atoms with Gasteiger partial charge in [0.25, 0.3) is 0 Å². The molecule has 0 saturated carbocycles. The molecule has 0 fully saturated rings. The fraction of sp³-hybridized carbons (Fsp3) is 0.556. The van der Waals surface area contributed by atoms with Crippen LogP contribution in [-0.4, -0.2) is 28.1 Å². The normalized spacial score (nSPS) is 11.4. The molecule has 0 aromatic carbocycles. The molecule has 0 saturated heterocycles. The summed E-state index contributed by atoms with van der Waals surface area (Å²) in [5, 5.41) is 10.8. The Morgan fingerprint density at radius 2 is 2.00 bits per heavy atom. The summed E-state index contributed by atoms with van der Waals surface area (Å²) in [6.07, 6.45) is 1.97. The second-order valence-corrected chi connectivity index (χ2v) is 5.27. The van der Waals surface area contributed by atoms with Gasteiger partial charge in [0.1, 0.15) is 18.2 Å². The first-order valence-corrected chi connectivity index (χ1v) is 7.06. The van der Waals surface area contributed by atoms with E-state index in [1.165, 1.54) is 0 Å². The summed E-state index contributed by atoms with van der Waals surface area (Å²) in [5.74, 6) is 0. The van der Waals surface area contributed by atoms with E-state index in [0.717, 1.165) is 12.5 Å². The van der Waals surface area contributed by atoms with Gasteiger partial charge in [0, 0.05) is 0 Å².